The van der Waals surface area contributed by atoms with Crippen molar-refractivity contribution in [3.63, 3.8) is 0 Å². The third-order valence-corrected chi connectivity index (χ3v) is 7.79. The lowest BCUT2D eigenvalue weighted by atomic mass is 9.82. The second-order valence-corrected chi connectivity index (χ2v) is 10.5. The Morgan fingerprint density at radius 1 is 0.947 bits per heavy atom. The minimum absolute atomic E-state index is 0.0511. The molecule has 3 aromatic rings. The molecule has 9 heteroatoms. The van der Waals surface area contributed by atoms with Gasteiger partial charge in [0.1, 0.15) is 17.6 Å². The lowest BCUT2D eigenvalue weighted by Crippen LogP contribution is -2.43. The van der Waals surface area contributed by atoms with Crippen molar-refractivity contribution in [2.24, 2.45) is 5.92 Å². The zero-order chi connectivity index (χ0) is 26.7. The molecule has 1 N–H and O–H groups in total. The Hall–Kier alpha value is -3.10. The van der Waals surface area contributed by atoms with Crippen molar-refractivity contribution in [3.8, 4) is 17.1 Å². The standard InChI is InChI=1S/C29H33F4N3O2/c30-28(31)29(32,33)38-22-15-9-12-20(18-22)26-35-23-16-7-8-17-24(23)36(26)25(19-10-3-1-4-11-19)27(37)34-21-13-5-2-6-14-21/h7-9,12,15-19,21,25,28H,1-6,10-11,13-14H2,(H,34,37). The van der Waals surface area contributed by atoms with Crippen molar-refractivity contribution in [1.82, 2.24) is 14.9 Å². The van der Waals surface area contributed by atoms with E-state index in [1.165, 1.54) is 24.6 Å². The van der Waals surface area contributed by atoms with Gasteiger partial charge in [0, 0.05) is 11.6 Å². The van der Waals surface area contributed by atoms with Crippen LogP contribution in [0, 0.1) is 5.92 Å². The summed E-state index contributed by atoms with van der Waals surface area (Å²) in [4.78, 5) is 18.8. The lowest BCUT2D eigenvalue weighted by Gasteiger charge is -2.33. The highest BCUT2D eigenvalue weighted by Gasteiger charge is 2.44. The van der Waals surface area contributed by atoms with Crippen molar-refractivity contribution >= 4 is 16.9 Å². The first-order valence-electron chi connectivity index (χ1n) is 13.6. The monoisotopic (exact) mass is 531 g/mol. The Balaban J connectivity index is 1.59. The molecule has 2 aliphatic carbocycles. The van der Waals surface area contributed by atoms with Gasteiger partial charge in [-0.15, -0.1) is 0 Å². The van der Waals surface area contributed by atoms with Gasteiger partial charge in [-0.3, -0.25) is 4.79 Å². The van der Waals surface area contributed by atoms with Crippen LogP contribution in [0.2, 0.25) is 0 Å². The molecule has 2 fully saturated rings. The molecule has 5 rings (SSSR count). The summed E-state index contributed by atoms with van der Waals surface area (Å²) in [6, 6.07) is 12.7. The fraction of sp³-hybridized carbons (Fsp3) is 0.517. The van der Waals surface area contributed by atoms with Gasteiger partial charge in [-0.25, -0.2) is 4.98 Å². The Labute approximate surface area is 219 Å². The number of hydrogen-bond acceptors (Lipinski definition) is 3. The molecule has 1 heterocycles. The number of hydrogen-bond donors (Lipinski definition) is 1. The van der Waals surface area contributed by atoms with Crippen LogP contribution in [0.4, 0.5) is 17.6 Å². The number of rotatable bonds is 8. The van der Waals surface area contributed by atoms with Gasteiger partial charge in [0.15, 0.2) is 0 Å². The van der Waals surface area contributed by atoms with Crippen LogP contribution in [0.5, 0.6) is 5.75 Å². The first-order valence-corrected chi connectivity index (χ1v) is 13.6. The van der Waals surface area contributed by atoms with E-state index < -0.39 is 24.3 Å². The summed E-state index contributed by atoms with van der Waals surface area (Å²) in [6.07, 6.45) is 1.69. The molecule has 2 saturated carbocycles. The first-order chi connectivity index (χ1) is 18.3. The SMILES string of the molecule is O=C(NC1CCCCC1)C(C1CCCCC1)n1c(-c2cccc(OC(F)(F)C(F)F)c2)nc2ccccc21. The maximum Gasteiger partial charge on any atom is 0.461 e. The molecule has 0 bridgehead atoms. The fourth-order valence-corrected chi connectivity index (χ4v) is 5.96. The zero-order valence-corrected chi connectivity index (χ0v) is 21.2. The first kappa shape index (κ1) is 26.5. The Morgan fingerprint density at radius 3 is 2.34 bits per heavy atom. The third kappa shape index (κ3) is 5.66. The highest BCUT2D eigenvalue weighted by Crippen LogP contribution is 2.39. The van der Waals surface area contributed by atoms with Crippen molar-refractivity contribution in [3.05, 3.63) is 48.5 Å². The lowest BCUT2D eigenvalue weighted by molar-refractivity contribution is -0.253. The Kier molecular flexibility index (Phi) is 7.91. The molecule has 0 radical (unpaired) electrons. The number of nitrogens with zero attached hydrogens (tertiary/aromatic N) is 2. The molecule has 1 aromatic heterocycles. The summed E-state index contributed by atoms with van der Waals surface area (Å²) in [6.45, 7) is 0. The van der Waals surface area contributed by atoms with Gasteiger partial charge in [0.2, 0.25) is 5.91 Å². The number of aromatic nitrogens is 2. The molecule has 0 spiro atoms. The number of benzene rings is 2. The van der Waals surface area contributed by atoms with Gasteiger partial charge < -0.3 is 14.6 Å². The molecule has 0 saturated heterocycles. The second kappa shape index (κ2) is 11.3. The molecule has 204 valence electrons. The number of fused-ring (bicyclic) bond motifs is 1. The minimum atomic E-state index is -4.62. The van der Waals surface area contributed by atoms with E-state index >= 15 is 0 Å². The normalized spacial score (nSPS) is 18.6. The number of ether oxygens (including phenoxy) is 1. The molecular weight excluding hydrogens is 498 g/mol. The number of alkyl halides is 4. The topological polar surface area (TPSA) is 56.2 Å². The predicted molar refractivity (Wildman–Crippen MR) is 137 cm³/mol. The number of amides is 1. The summed E-state index contributed by atoms with van der Waals surface area (Å²) in [7, 11) is 0. The van der Waals surface area contributed by atoms with Crippen molar-refractivity contribution < 1.29 is 27.1 Å². The van der Waals surface area contributed by atoms with E-state index in [4.69, 9.17) is 4.98 Å². The largest absolute Gasteiger partial charge is 0.461 e. The third-order valence-electron chi connectivity index (χ3n) is 7.79. The number of halogens is 4. The van der Waals surface area contributed by atoms with Crippen LogP contribution >= 0.6 is 0 Å². The maximum absolute atomic E-state index is 14.0. The molecule has 2 aliphatic rings. The van der Waals surface area contributed by atoms with E-state index in [-0.39, 0.29) is 17.9 Å². The summed E-state index contributed by atoms with van der Waals surface area (Å²) < 4.78 is 59.2. The highest BCUT2D eigenvalue weighted by atomic mass is 19.3. The van der Waals surface area contributed by atoms with Crippen LogP contribution in [0.1, 0.15) is 70.3 Å². The molecule has 2 aromatic carbocycles. The van der Waals surface area contributed by atoms with Crippen molar-refractivity contribution in [2.45, 2.75) is 88.8 Å². The van der Waals surface area contributed by atoms with Gasteiger partial charge in [-0.05, 0) is 55.9 Å². The van der Waals surface area contributed by atoms with Crippen molar-refractivity contribution in [2.75, 3.05) is 0 Å². The fourth-order valence-electron chi connectivity index (χ4n) is 5.96. The van der Waals surface area contributed by atoms with E-state index in [9.17, 15) is 22.4 Å². The average Bonchev–Trinajstić information content (AvgIpc) is 3.29. The van der Waals surface area contributed by atoms with Crippen LogP contribution in [0.3, 0.4) is 0 Å². The van der Waals surface area contributed by atoms with Crippen LogP contribution in [-0.4, -0.2) is 34.0 Å². The molecule has 0 aliphatic heterocycles. The molecule has 1 atom stereocenters. The molecule has 1 amide bonds. The number of carbonyl (C=O) groups is 1. The van der Waals surface area contributed by atoms with Gasteiger partial charge in [0.05, 0.1) is 11.0 Å². The highest BCUT2D eigenvalue weighted by molar-refractivity contribution is 5.87. The smallest absolute Gasteiger partial charge is 0.428 e. The zero-order valence-electron chi connectivity index (χ0n) is 21.2. The summed E-state index contributed by atoms with van der Waals surface area (Å²) in [5.74, 6) is 0.0646. The molecule has 38 heavy (non-hydrogen) atoms. The van der Waals surface area contributed by atoms with Crippen LogP contribution < -0.4 is 10.1 Å². The summed E-state index contributed by atoms with van der Waals surface area (Å²) in [5.41, 5.74) is 1.84. The number of carbonyl (C=O) groups excluding carboxylic acids is 1. The van der Waals surface area contributed by atoms with Crippen molar-refractivity contribution in [1.29, 1.82) is 0 Å². The number of imidazole rings is 1. The summed E-state index contributed by atoms with van der Waals surface area (Å²) >= 11 is 0. The van der Waals surface area contributed by atoms with E-state index in [0.717, 1.165) is 63.3 Å². The van der Waals surface area contributed by atoms with Gasteiger partial charge in [0.25, 0.3) is 0 Å². The van der Waals surface area contributed by atoms with Gasteiger partial charge in [-0.1, -0.05) is 62.8 Å². The second-order valence-electron chi connectivity index (χ2n) is 10.5. The van der Waals surface area contributed by atoms with Crippen LogP contribution in [0.15, 0.2) is 48.5 Å². The van der Waals surface area contributed by atoms with Gasteiger partial charge in [-0.2, -0.15) is 17.6 Å². The average molecular weight is 532 g/mol. The quantitative estimate of drug-likeness (QED) is 0.306. The molecular formula is C29H33F4N3O2. The van der Waals surface area contributed by atoms with E-state index in [1.807, 2.05) is 28.8 Å². The molecule has 1 unspecified atom stereocenters. The van der Waals surface area contributed by atoms with Crippen LogP contribution in [0.25, 0.3) is 22.4 Å². The van der Waals surface area contributed by atoms with E-state index in [1.54, 1.807) is 6.07 Å². The number of para-hydroxylation sites is 2. The molecule has 5 nitrogen and oxygen atoms in total. The predicted octanol–water partition coefficient (Wildman–Crippen LogP) is 7.51. The summed E-state index contributed by atoms with van der Waals surface area (Å²) in [5, 5.41) is 3.31. The Morgan fingerprint density at radius 2 is 1.63 bits per heavy atom. The maximum atomic E-state index is 14.0. The van der Waals surface area contributed by atoms with E-state index in [0.29, 0.717) is 16.9 Å². The minimum Gasteiger partial charge on any atom is -0.428 e. The van der Waals surface area contributed by atoms with Crippen LogP contribution in [-0.2, 0) is 4.79 Å². The van der Waals surface area contributed by atoms with E-state index in [2.05, 4.69) is 10.1 Å². The Bertz CT molecular complexity index is 1250. The number of nitrogens with one attached hydrogen (secondary N) is 1. The van der Waals surface area contributed by atoms with Gasteiger partial charge >= 0.3 is 12.5 Å².